The van der Waals surface area contributed by atoms with Crippen LogP contribution in [-0.2, 0) is 9.59 Å². The molecule has 0 amide bonds. The van der Waals surface area contributed by atoms with Gasteiger partial charge in [0.25, 0.3) is 0 Å². The first-order valence-electron chi connectivity index (χ1n) is 1.82. The van der Waals surface area contributed by atoms with Crippen LogP contribution in [-0.4, -0.2) is 17.4 Å². The predicted molar refractivity (Wildman–Crippen MR) is 25.0 cm³/mol. The Labute approximate surface area is 99.3 Å². The van der Waals surface area contributed by atoms with Crippen molar-refractivity contribution in [2.45, 2.75) is 13.8 Å². The van der Waals surface area contributed by atoms with Crippen LogP contribution in [0.5, 0.6) is 0 Å². The van der Waals surface area contributed by atoms with Crippen molar-refractivity contribution >= 4 is 11.9 Å². The summed E-state index contributed by atoms with van der Waals surface area (Å²) in [6.45, 7) is 1.94. The molecule has 0 aromatic rings. The number of carboxylic acid groups (broad SMARTS) is 2. The molecule has 1 radical (unpaired) electrons. The Balaban J connectivity index is -0.0000000300. The van der Waals surface area contributed by atoms with Crippen LogP contribution < -0.4 is 10.2 Å². The minimum Gasteiger partial charge on any atom is -0.550 e. The molecule has 0 aromatic heterocycles. The van der Waals surface area contributed by atoms with E-state index in [9.17, 15) is 0 Å². The first-order valence-corrected chi connectivity index (χ1v) is 1.82. The van der Waals surface area contributed by atoms with Crippen molar-refractivity contribution in [2.75, 3.05) is 0 Å². The number of hydrogen-bond donors (Lipinski definition) is 0. The zero-order valence-electron chi connectivity index (χ0n) is 5.51. The standard InChI is InChI=1S/2C2H4O2.Eu.H2O/c2*1-2(3)4;;/h2*1H3,(H,3,4);;1H2/q;;+2;/p-2. The topological polar surface area (TPSA) is 112 Å². The van der Waals surface area contributed by atoms with Crippen molar-refractivity contribution in [1.29, 1.82) is 0 Å². The molecule has 0 aliphatic carbocycles. The van der Waals surface area contributed by atoms with E-state index in [0.717, 1.165) is 13.8 Å². The van der Waals surface area contributed by atoms with Crippen LogP contribution in [0.1, 0.15) is 13.8 Å². The Morgan fingerprint density at radius 2 is 1.00 bits per heavy atom. The van der Waals surface area contributed by atoms with E-state index >= 15 is 0 Å². The van der Waals surface area contributed by atoms with Gasteiger partial charge in [-0.05, 0) is 13.8 Å². The van der Waals surface area contributed by atoms with Crippen LogP contribution in [0.3, 0.4) is 0 Å². The summed E-state index contributed by atoms with van der Waals surface area (Å²) in [5.74, 6) is -2.17. The largest absolute Gasteiger partial charge is 2.00 e. The first kappa shape index (κ1) is 22.4. The smallest absolute Gasteiger partial charge is 0.550 e. The summed E-state index contributed by atoms with van der Waals surface area (Å²) in [6.07, 6.45) is 0. The second-order valence-electron chi connectivity index (χ2n) is 0.983. The van der Waals surface area contributed by atoms with Crippen LogP contribution in [0.25, 0.3) is 0 Å². The third kappa shape index (κ3) is 2030. The molecule has 0 aliphatic heterocycles. The van der Waals surface area contributed by atoms with Gasteiger partial charge in [0.05, 0.1) is 0 Å². The summed E-state index contributed by atoms with van der Waals surface area (Å²) in [6, 6.07) is 0. The predicted octanol–water partition coefficient (Wildman–Crippen LogP) is -3.31. The van der Waals surface area contributed by atoms with Gasteiger partial charge in [0.2, 0.25) is 0 Å². The monoisotopic (exact) mass is 289 g/mol. The maximum atomic E-state index is 8.89. The molecule has 0 unspecified atom stereocenters. The average Bonchev–Trinajstić information content (AvgIpc) is 1.25. The summed E-state index contributed by atoms with van der Waals surface area (Å²) < 4.78 is 0. The van der Waals surface area contributed by atoms with E-state index in [2.05, 4.69) is 0 Å². The fourth-order valence-electron chi connectivity index (χ4n) is 0. The van der Waals surface area contributed by atoms with E-state index in [-0.39, 0.29) is 54.9 Å². The van der Waals surface area contributed by atoms with Gasteiger partial charge < -0.3 is 25.3 Å². The van der Waals surface area contributed by atoms with Gasteiger partial charge in [0, 0.05) is 11.9 Å². The van der Waals surface area contributed by atoms with Gasteiger partial charge in [-0.15, -0.1) is 0 Å². The first-order chi connectivity index (χ1) is 3.46. The van der Waals surface area contributed by atoms with E-state index in [4.69, 9.17) is 19.8 Å². The third-order valence-corrected chi connectivity index (χ3v) is 0. The zero-order valence-corrected chi connectivity index (χ0v) is 7.94. The van der Waals surface area contributed by atoms with Gasteiger partial charge >= 0.3 is 49.4 Å². The third-order valence-electron chi connectivity index (χ3n) is 0. The molecule has 0 aliphatic rings. The normalized spacial score (nSPS) is 5.00. The molecule has 0 bridgehead atoms. The van der Waals surface area contributed by atoms with Crippen LogP contribution in [0, 0.1) is 49.4 Å². The number of rotatable bonds is 0. The molecule has 5 nitrogen and oxygen atoms in total. The summed E-state index contributed by atoms with van der Waals surface area (Å²) in [5.41, 5.74) is 0. The zero-order chi connectivity index (χ0) is 7.15. The number of carbonyl (C=O) groups is 2. The number of carboxylic acids is 2. The molecule has 0 rings (SSSR count). The molecule has 0 saturated heterocycles. The number of carbonyl (C=O) groups excluding carboxylic acids is 2. The van der Waals surface area contributed by atoms with E-state index < -0.39 is 11.9 Å². The van der Waals surface area contributed by atoms with E-state index in [0.29, 0.717) is 0 Å². The van der Waals surface area contributed by atoms with Crippen molar-refractivity contribution in [3.05, 3.63) is 0 Å². The number of aliphatic carboxylic acids is 2. The molecule has 0 heterocycles. The van der Waals surface area contributed by atoms with Crippen LogP contribution in [0.2, 0.25) is 0 Å². The Bertz CT molecular complexity index is 71.6. The molecule has 61 valence electrons. The fraction of sp³-hybridized carbons (Fsp3) is 0.500. The van der Waals surface area contributed by atoms with E-state index in [1.165, 1.54) is 0 Å². The molecule has 0 fully saturated rings. The summed E-state index contributed by atoms with van der Waals surface area (Å²) in [4.78, 5) is 17.8. The van der Waals surface area contributed by atoms with E-state index in [1.54, 1.807) is 0 Å². The quantitative estimate of drug-likeness (QED) is 0.464. The van der Waals surface area contributed by atoms with Crippen LogP contribution in [0.15, 0.2) is 0 Å². The van der Waals surface area contributed by atoms with Crippen molar-refractivity contribution in [3.63, 3.8) is 0 Å². The minimum atomic E-state index is -1.08. The molecule has 6 heteroatoms. The molecule has 0 saturated carbocycles. The van der Waals surface area contributed by atoms with Crippen molar-refractivity contribution < 1.29 is 74.7 Å². The molecule has 2 N–H and O–H groups in total. The van der Waals surface area contributed by atoms with Crippen molar-refractivity contribution in [2.24, 2.45) is 0 Å². The molecule has 0 spiro atoms. The van der Waals surface area contributed by atoms with E-state index in [1.807, 2.05) is 0 Å². The van der Waals surface area contributed by atoms with Crippen LogP contribution >= 0.6 is 0 Å². The van der Waals surface area contributed by atoms with Gasteiger partial charge in [-0.25, -0.2) is 0 Å². The van der Waals surface area contributed by atoms with Crippen molar-refractivity contribution in [3.8, 4) is 0 Å². The Morgan fingerprint density at radius 3 is 1.00 bits per heavy atom. The maximum absolute atomic E-state index is 8.89. The Hall–Kier alpha value is 0.484. The summed E-state index contributed by atoms with van der Waals surface area (Å²) in [7, 11) is 0. The SMILES string of the molecule is CC(=O)[O-].CC(=O)[O-].O.[Eu+2]. The number of hydrogen-bond acceptors (Lipinski definition) is 4. The average molecular weight is 288 g/mol. The minimum absolute atomic E-state index is 0. The Kier molecular flexibility index (Phi) is 36.4. The van der Waals surface area contributed by atoms with Gasteiger partial charge in [-0.1, -0.05) is 0 Å². The van der Waals surface area contributed by atoms with Gasteiger partial charge in [0.1, 0.15) is 0 Å². The second kappa shape index (κ2) is 16.2. The molecule has 0 aromatic carbocycles. The Morgan fingerprint density at radius 1 is 1.00 bits per heavy atom. The maximum Gasteiger partial charge on any atom is 2.00 e. The molecular formula is C4H8EuO5. The van der Waals surface area contributed by atoms with Gasteiger partial charge in [0.15, 0.2) is 0 Å². The summed E-state index contributed by atoms with van der Waals surface area (Å²) >= 11 is 0. The fourth-order valence-corrected chi connectivity index (χ4v) is 0. The summed E-state index contributed by atoms with van der Waals surface area (Å²) in [5, 5.41) is 17.8. The molecular weight excluding hydrogens is 280 g/mol. The molecule has 10 heavy (non-hydrogen) atoms. The second-order valence-corrected chi connectivity index (χ2v) is 0.983. The van der Waals surface area contributed by atoms with Crippen LogP contribution in [0.4, 0.5) is 0 Å². The van der Waals surface area contributed by atoms with Gasteiger partial charge in [-0.2, -0.15) is 0 Å². The van der Waals surface area contributed by atoms with Gasteiger partial charge in [-0.3, -0.25) is 0 Å². The molecule has 0 atom stereocenters. The van der Waals surface area contributed by atoms with Crippen molar-refractivity contribution in [1.82, 2.24) is 0 Å².